The summed E-state index contributed by atoms with van der Waals surface area (Å²) in [6, 6.07) is 12.0. The normalized spacial score (nSPS) is 16.8. The van der Waals surface area contributed by atoms with Gasteiger partial charge < -0.3 is 14.5 Å². The number of hydrogen-bond acceptors (Lipinski definition) is 6. The van der Waals surface area contributed by atoms with Gasteiger partial charge in [0.15, 0.2) is 5.82 Å². The predicted octanol–water partition coefficient (Wildman–Crippen LogP) is 4.78. The number of amides is 1. The van der Waals surface area contributed by atoms with Crippen molar-refractivity contribution in [1.29, 1.82) is 0 Å². The lowest BCUT2D eigenvalue weighted by molar-refractivity contribution is 0.0269. The van der Waals surface area contributed by atoms with E-state index in [-0.39, 0.29) is 6.09 Å². The van der Waals surface area contributed by atoms with Gasteiger partial charge in [-0.3, -0.25) is 4.98 Å². The molecular weight excluding hydrogens is 402 g/mol. The Labute approximate surface area is 189 Å². The van der Waals surface area contributed by atoms with Crippen molar-refractivity contribution in [2.24, 2.45) is 5.92 Å². The number of carbonyl (C=O) groups excluding carboxylic acids is 1. The monoisotopic (exact) mass is 433 g/mol. The molecule has 1 aromatic carbocycles. The molecule has 7 heteroatoms. The minimum atomic E-state index is -0.494. The summed E-state index contributed by atoms with van der Waals surface area (Å²) in [4.78, 5) is 30.4. The standard InChI is InChI=1S/C25H31N5O2/c1-25(2,3)32-24(31)29(4)16-18-9-8-14-30(17-18)23-20-11-5-6-12-21(20)27-22(28-23)19-10-7-13-26-15-19/h5-7,10-13,15,18H,8-9,14,16-17H2,1-4H3/t18-/m0/s1. The van der Waals surface area contributed by atoms with Crippen LogP contribution in [0.2, 0.25) is 0 Å². The van der Waals surface area contributed by atoms with Crippen molar-refractivity contribution in [2.45, 2.75) is 39.2 Å². The minimum Gasteiger partial charge on any atom is -0.444 e. The van der Waals surface area contributed by atoms with Crippen molar-refractivity contribution in [3.8, 4) is 11.4 Å². The summed E-state index contributed by atoms with van der Waals surface area (Å²) in [5, 5.41) is 1.04. The van der Waals surface area contributed by atoms with Crippen LogP contribution in [-0.4, -0.2) is 58.2 Å². The van der Waals surface area contributed by atoms with E-state index in [0.29, 0.717) is 18.3 Å². The number of ether oxygens (including phenoxy) is 1. The zero-order valence-corrected chi connectivity index (χ0v) is 19.3. The number of anilines is 1. The highest BCUT2D eigenvalue weighted by atomic mass is 16.6. The first-order valence-electron chi connectivity index (χ1n) is 11.2. The highest BCUT2D eigenvalue weighted by Gasteiger charge is 2.27. The summed E-state index contributed by atoms with van der Waals surface area (Å²) in [6.45, 7) is 8.09. The first kappa shape index (κ1) is 22.0. The third-order valence-electron chi connectivity index (χ3n) is 5.56. The lowest BCUT2D eigenvalue weighted by Crippen LogP contribution is -2.43. The third-order valence-corrected chi connectivity index (χ3v) is 5.56. The Balaban J connectivity index is 1.58. The van der Waals surface area contributed by atoms with Crippen molar-refractivity contribution >= 4 is 22.8 Å². The van der Waals surface area contributed by atoms with Gasteiger partial charge in [-0.2, -0.15) is 0 Å². The SMILES string of the molecule is CN(C[C@@H]1CCCN(c2nc(-c3cccnc3)nc3ccccc23)C1)C(=O)OC(C)(C)C. The van der Waals surface area contributed by atoms with E-state index in [9.17, 15) is 4.79 Å². The Morgan fingerprint density at radius 2 is 2.00 bits per heavy atom. The molecule has 1 aliphatic heterocycles. The van der Waals surface area contributed by atoms with Gasteiger partial charge in [0.2, 0.25) is 0 Å². The molecule has 4 rings (SSSR count). The number of piperidine rings is 1. The Bertz CT molecular complexity index is 1080. The summed E-state index contributed by atoms with van der Waals surface area (Å²) in [6.07, 6.45) is 5.39. The molecule has 0 bridgehead atoms. The molecule has 0 saturated carbocycles. The van der Waals surface area contributed by atoms with E-state index >= 15 is 0 Å². The van der Waals surface area contributed by atoms with Gasteiger partial charge in [-0.1, -0.05) is 12.1 Å². The van der Waals surface area contributed by atoms with Gasteiger partial charge >= 0.3 is 6.09 Å². The van der Waals surface area contributed by atoms with E-state index in [4.69, 9.17) is 14.7 Å². The Hall–Kier alpha value is -3.22. The maximum atomic E-state index is 12.4. The molecule has 32 heavy (non-hydrogen) atoms. The number of pyridine rings is 1. The first-order valence-corrected chi connectivity index (χ1v) is 11.2. The van der Waals surface area contributed by atoms with Crippen LogP contribution >= 0.6 is 0 Å². The molecular formula is C25H31N5O2. The highest BCUT2D eigenvalue weighted by molar-refractivity contribution is 5.91. The van der Waals surface area contributed by atoms with E-state index < -0.39 is 5.60 Å². The van der Waals surface area contributed by atoms with Crippen molar-refractivity contribution in [1.82, 2.24) is 19.9 Å². The van der Waals surface area contributed by atoms with Crippen molar-refractivity contribution in [3.05, 3.63) is 48.8 Å². The number of carbonyl (C=O) groups is 1. The van der Waals surface area contributed by atoms with Crippen molar-refractivity contribution in [2.75, 3.05) is 31.6 Å². The number of para-hydroxylation sites is 1. The van der Waals surface area contributed by atoms with Gasteiger partial charge in [0.1, 0.15) is 11.4 Å². The molecule has 1 fully saturated rings. The Morgan fingerprint density at radius 3 is 2.75 bits per heavy atom. The lowest BCUT2D eigenvalue weighted by atomic mass is 9.97. The van der Waals surface area contributed by atoms with Crippen LogP contribution in [-0.2, 0) is 4.74 Å². The fourth-order valence-corrected chi connectivity index (χ4v) is 4.13. The number of rotatable bonds is 4. The maximum absolute atomic E-state index is 12.4. The van der Waals surface area contributed by atoms with Gasteiger partial charge in [0.25, 0.3) is 0 Å². The first-order chi connectivity index (χ1) is 15.3. The molecule has 3 aromatic rings. The van der Waals surface area contributed by atoms with Gasteiger partial charge in [0, 0.05) is 50.0 Å². The molecule has 1 saturated heterocycles. The summed E-state index contributed by atoms with van der Waals surface area (Å²) in [7, 11) is 1.81. The smallest absolute Gasteiger partial charge is 0.410 e. The molecule has 0 unspecified atom stereocenters. The molecule has 0 aliphatic carbocycles. The second kappa shape index (κ2) is 9.10. The second-order valence-corrected chi connectivity index (χ2v) is 9.44. The summed E-state index contributed by atoms with van der Waals surface area (Å²) >= 11 is 0. The van der Waals surface area contributed by atoms with Crippen LogP contribution in [0.1, 0.15) is 33.6 Å². The topological polar surface area (TPSA) is 71.5 Å². The highest BCUT2D eigenvalue weighted by Crippen LogP contribution is 2.30. The van der Waals surface area contributed by atoms with E-state index in [2.05, 4.69) is 16.0 Å². The van der Waals surface area contributed by atoms with Crippen LogP contribution in [0.25, 0.3) is 22.3 Å². The average molecular weight is 434 g/mol. The lowest BCUT2D eigenvalue weighted by Gasteiger charge is -2.36. The average Bonchev–Trinajstić information content (AvgIpc) is 2.78. The third kappa shape index (κ3) is 5.15. The zero-order chi connectivity index (χ0) is 22.7. The van der Waals surface area contributed by atoms with E-state index in [1.165, 1.54) is 0 Å². The second-order valence-electron chi connectivity index (χ2n) is 9.44. The number of hydrogen-bond donors (Lipinski definition) is 0. The van der Waals surface area contributed by atoms with E-state index in [1.807, 2.05) is 58.2 Å². The summed E-state index contributed by atoms with van der Waals surface area (Å²) in [5.74, 6) is 1.97. The molecule has 2 aromatic heterocycles. The van der Waals surface area contributed by atoms with Crippen LogP contribution < -0.4 is 4.90 Å². The number of benzene rings is 1. The summed E-state index contributed by atoms with van der Waals surface area (Å²) in [5.41, 5.74) is 1.33. The maximum Gasteiger partial charge on any atom is 0.410 e. The molecule has 0 N–H and O–H groups in total. The van der Waals surface area contributed by atoms with Crippen molar-refractivity contribution in [3.63, 3.8) is 0 Å². The number of fused-ring (bicyclic) bond motifs is 1. The molecule has 0 radical (unpaired) electrons. The number of aromatic nitrogens is 3. The molecule has 3 heterocycles. The molecule has 7 nitrogen and oxygen atoms in total. The molecule has 0 spiro atoms. The van der Waals surface area contributed by atoms with Gasteiger partial charge in [-0.25, -0.2) is 14.8 Å². The van der Waals surface area contributed by atoms with Crippen LogP contribution in [0, 0.1) is 5.92 Å². The van der Waals surface area contributed by atoms with Gasteiger partial charge in [-0.05, 0) is 63.8 Å². The molecule has 1 amide bonds. The largest absolute Gasteiger partial charge is 0.444 e. The van der Waals surface area contributed by atoms with Crippen LogP contribution in [0.4, 0.5) is 10.6 Å². The van der Waals surface area contributed by atoms with Gasteiger partial charge in [-0.15, -0.1) is 0 Å². The fourth-order valence-electron chi connectivity index (χ4n) is 4.13. The fraction of sp³-hybridized carbons (Fsp3) is 0.440. The van der Waals surface area contributed by atoms with Crippen LogP contribution in [0.5, 0.6) is 0 Å². The zero-order valence-electron chi connectivity index (χ0n) is 19.3. The number of nitrogens with zero attached hydrogens (tertiary/aromatic N) is 5. The van der Waals surface area contributed by atoms with Gasteiger partial charge in [0.05, 0.1) is 5.52 Å². The molecule has 168 valence electrons. The molecule has 1 atom stereocenters. The van der Waals surface area contributed by atoms with Crippen LogP contribution in [0.15, 0.2) is 48.8 Å². The Morgan fingerprint density at radius 1 is 1.19 bits per heavy atom. The van der Waals surface area contributed by atoms with Crippen molar-refractivity contribution < 1.29 is 9.53 Å². The van der Waals surface area contributed by atoms with E-state index in [0.717, 1.165) is 48.2 Å². The minimum absolute atomic E-state index is 0.277. The molecule has 1 aliphatic rings. The van der Waals surface area contributed by atoms with E-state index in [1.54, 1.807) is 17.3 Å². The summed E-state index contributed by atoms with van der Waals surface area (Å²) < 4.78 is 5.52. The quantitative estimate of drug-likeness (QED) is 0.590. The Kier molecular flexibility index (Phi) is 6.26. The van der Waals surface area contributed by atoms with Crippen LogP contribution in [0.3, 0.4) is 0 Å². The predicted molar refractivity (Wildman–Crippen MR) is 127 cm³/mol.